The van der Waals surface area contributed by atoms with Crippen molar-refractivity contribution in [2.45, 2.75) is 37.9 Å². The van der Waals surface area contributed by atoms with E-state index in [1.807, 2.05) is 0 Å². The molecule has 1 aliphatic heterocycles. The quantitative estimate of drug-likeness (QED) is 0.622. The second kappa shape index (κ2) is 7.39. The molecular weight excluding hydrogens is 430 g/mol. The van der Waals surface area contributed by atoms with Crippen LogP contribution in [0.15, 0.2) is 36.8 Å². The first-order valence-corrected chi connectivity index (χ1v) is 9.06. The van der Waals surface area contributed by atoms with Gasteiger partial charge in [-0.2, -0.15) is 28.1 Å². The van der Waals surface area contributed by atoms with E-state index >= 15 is 0 Å². The van der Waals surface area contributed by atoms with E-state index in [9.17, 15) is 31.1 Å². The van der Waals surface area contributed by atoms with E-state index in [-0.39, 0.29) is 21.5 Å². The number of fused-ring (bicyclic) bond motifs is 1. The van der Waals surface area contributed by atoms with Gasteiger partial charge in [0, 0.05) is 24.5 Å². The Morgan fingerprint density at radius 3 is 2.61 bits per heavy atom. The number of carbonyl (C=O) groups excluding carboxylic acids is 1. The second-order valence-electron chi connectivity index (χ2n) is 6.91. The van der Waals surface area contributed by atoms with Gasteiger partial charge >= 0.3 is 12.5 Å². The smallest absolute Gasteiger partial charge is 0.344 e. The fourth-order valence-electron chi connectivity index (χ4n) is 3.34. The Kier molecular flexibility index (Phi) is 4.98. The maximum Gasteiger partial charge on any atom is 0.504 e. The van der Waals surface area contributed by atoms with E-state index in [0.29, 0.717) is 31.3 Å². The number of hydrogen-bond acceptors (Lipinski definition) is 4. The maximum atomic E-state index is 12.9. The Morgan fingerprint density at radius 1 is 1.16 bits per heavy atom. The molecule has 1 unspecified atom stereocenters. The summed E-state index contributed by atoms with van der Waals surface area (Å²) in [7, 11) is 0. The molecule has 3 aromatic heterocycles. The molecular formula is C18H14F6N6O. The second-order valence-corrected chi connectivity index (χ2v) is 6.91. The van der Waals surface area contributed by atoms with Crippen LogP contribution in [-0.4, -0.2) is 30.5 Å². The molecule has 1 amide bonds. The van der Waals surface area contributed by atoms with Crippen molar-refractivity contribution in [2.75, 3.05) is 0 Å². The molecule has 0 radical (unpaired) electrons. The van der Waals surface area contributed by atoms with Gasteiger partial charge in [0.1, 0.15) is 5.69 Å². The van der Waals surface area contributed by atoms with Gasteiger partial charge in [0.25, 0.3) is 5.91 Å². The first kappa shape index (κ1) is 20.9. The third-order valence-electron chi connectivity index (χ3n) is 4.79. The number of nitrogens with one attached hydrogen (secondary N) is 1. The van der Waals surface area contributed by atoms with Crippen molar-refractivity contribution in [1.29, 1.82) is 0 Å². The highest BCUT2D eigenvalue weighted by atomic mass is 19.4. The lowest BCUT2D eigenvalue weighted by Gasteiger charge is -2.24. The summed E-state index contributed by atoms with van der Waals surface area (Å²) >= 11 is 0. The Balaban J connectivity index is 1.57. The zero-order chi connectivity index (χ0) is 22.4. The summed E-state index contributed by atoms with van der Waals surface area (Å²) in [6.45, 7) is 0.491. The van der Waals surface area contributed by atoms with Gasteiger partial charge in [-0.3, -0.25) is 14.5 Å². The van der Waals surface area contributed by atoms with Gasteiger partial charge in [-0.15, -0.1) is 13.2 Å². The Labute approximate surface area is 170 Å². The van der Waals surface area contributed by atoms with E-state index in [1.165, 1.54) is 6.07 Å². The molecule has 0 fully saturated rings. The van der Waals surface area contributed by atoms with E-state index < -0.39 is 30.1 Å². The van der Waals surface area contributed by atoms with Crippen LogP contribution in [0.4, 0.5) is 26.3 Å². The van der Waals surface area contributed by atoms with Crippen LogP contribution < -0.4 is 5.32 Å². The predicted octanol–water partition coefficient (Wildman–Crippen LogP) is 3.90. The summed E-state index contributed by atoms with van der Waals surface area (Å²) in [5, 5.41) is 10.1. The molecule has 3 aromatic rings. The van der Waals surface area contributed by atoms with Crippen molar-refractivity contribution in [2.24, 2.45) is 0 Å². The fourth-order valence-corrected chi connectivity index (χ4v) is 3.34. The standard InChI is InChI=1S/C18H14F6N6O/c19-17(20,21)15-6-10(3-4-25-15)13-7-14-12(2-1-5-29(14)28-13)27-16(31)11-8-26-30(9-11)18(22,23)24/h3-4,6-9,12H,1-2,5H2,(H,27,31). The van der Waals surface area contributed by atoms with Crippen molar-refractivity contribution in [3.63, 3.8) is 0 Å². The van der Waals surface area contributed by atoms with Gasteiger partial charge < -0.3 is 5.32 Å². The zero-order valence-electron chi connectivity index (χ0n) is 15.6. The van der Waals surface area contributed by atoms with E-state index in [2.05, 4.69) is 20.5 Å². The Hall–Kier alpha value is -3.38. The van der Waals surface area contributed by atoms with Gasteiger partial charge in [-0.1, -0.05) is 0 Å². The summed E-state index contributed by atoms with van der Waals surface area (Å²) in [5.74, 6) is -0.750. The highest BCUT2D eigenvalue weighted by Crippen LogP contribution is 2.33. The number of pyridine rings is 1. The van der Waals surface area contributed by atoms with Crippen LogP contribution in [0.3, 0.4) is 0 Å². The number of alkyl halides is 6. The van der Waals surface area contributed by atoms with Crippen LogP contribution in [-0.2, 0) is 19.0 Å². The van der Waals surface area contributed by atoms with E-state index in [1.54, 1.807) is 10.7 Å². The van der Waals surface area contributed by atoms with E-state index in [0.717, 1.165) is 18.5 Å². The molecule has 0 saturated carbocycles. The lowest BCUT2D eigenvalue weighted by atomic mass is 10.0. The fraction of sp³-hybridized carbons (Fsp3) is 0.333. The van der Waals surface area contributed by atoms with Crippen molar-refractivity contribution < 1.29 is 31.1 Å². The molecule has 1 N–H and O–H groups in total. The molecule has 7 nitrogen and oxygen atoms in total. The molecule has 1 aliphatic rings. The molecule has 1 atom stereocenters. The summed E-state index contributed by atoms with van der Waals surface area (Å²) in [6, 6.07) is 3.26. The van der Waals surface area contributed by atoms with Crippen molar-refractivity contribution in [1.82, 2.24) is 29.9 Å². The highest BCUT2D eigenvalue weighted by Gasteiger charge is 2.34. The monoisotopic (exact) mass is 444 g/mol. The number of carbonyl (C=O) groups is 1. The average molecular weight is 444 g/mol. The molecule has 0 spiro atoms. The molecule has 0 aliphatic carbocycles. The molecule has 31 heavy (non-hydrogen) atoms. The minimum atomic E-state index is -4.74. The van der Waals surface area contributed by atoms with Gasteiger partial charge in [0.05, 0.1) is 29.2 Å². The highest BCUT2D eigenvalue weighted by molar-refractivity contribution is 5.94. The first-order valence-electron chi connectivity index (χ1n) is 9.06. The van der Waals surface area contributed by atoms with Gasteiger partial charge in [-0.25, -0.2) is 0 Å². The molecule has 0 bridgehead atoms. The molecule has 0 aromatic carbocycles. The molecule has 4 rings (SSSR count). The lowest BCUT2D eigenvalue weighted by molar-refractivity contribution is -0.212. The summed E-state index contributed by atoms with van der Waals surface area (Å²) in [6.07, 6.45) is -5.81. The van der Waals surface area contributed by atoms with Crippen LogP contribution in [0, 0.1) is 0 Å². The molecule has 13 heteroatoms. The summed E-state index contributed by atoms with van der Waals surface area (Å²) in [4.78, 5) is 15.7. The number of nitrogens with zero attached hydrogens (tertiary/aromatic N) is 5. The normalized spacial score (nSPS) is 16.8. The topological polar surface area (TPSA) is 77.6 Å². The predicted molar refractivity (Wildman–Crippen MR) is 93.4 cm³/mol. The Morgan fingerprint density at radius 2 is 1.94 bits per heavy atom. The van der Waals surface area contributed by atoms with Crippen LogP contribution in [0.1, 0.15) is 40.6 Å². The van der Waals surface area contributed by atoms with Gasteiger partial charge in [-0.05, 0) is 31.0 Å². The Bertz CT molecular complexity index is 1120. The third kappa shape index (κ3) is 4.25. The number of rotatable bonds is 3. The lowest BCUT2D eigenvalue weighted by Crippen LogP contribution is -2.32. The summed E-state index contributed by atoms with van der Waals surface area (Å²) in [5.41, 5.74) is -0.293. The number of hydrogen-bond donors (Lipinski definition) is 1. The summed E-state index contributed by atoms with van der Waals surface area (Å²) < 4.78 is 78.1. The van der Waals surface area contributed by atoms with Crippen LogP contribution in [0.5, 0.6) is 0 Å². The van der Waals surface area contributed by atoms with Crippen molar-refractivity contribution in [3.8, 4) is 11.3 Å². The number of amides is 1. The number of aryl methyl sites for hydroxylation is 1. The average Bonchev–Trinajstić information content (AvgIpc) is 3.35. The van der Waals surface area contributed by atoms with Crippen molar-refractivity contribution in [3.05, 3.63) is 53.7 Å². The molecule has 164 valence electrons. The van der Waals surface area contributed by atoms with Gasteiger partial charge in [0.2, 0.25) is 0 Å². The number of aromatic nitrogens is 5. The molecule has 4 heterocycles. The largest absolute Gasteiger partial charge is 0.504 e. The SMILES string of the molecule is O=C(NC1CCCn2nc(-c3ccnc(C(F)(F)F)c3)cc21)c1cnn(C(F)(F)F)c1. The van der Waals surface area contributed by atoms with Crippen LogP contribution in [0.2, 0.25) is 0 Å². The molecule has 0 saturated heterocycles. The minimum absolute atomic E-state index is 0.209. The maximum absolute atomic E-state index is 12.9. The van der Waals surface area contributed by atoms with Gasteiger partial charge in [0.15, 0.2) is 0 Å². The van der Waals surface area contributed by atoms with Crippen LogP contribution in [0.25, 0.3) is 11.3 Å². The van der Waals surface area contributed by atoms with Crippen molar-refractivity contribution >= 4 is 5.91 Å². The van der Waals surface area contributed by atoms with Crippen LogP contribution >= 0.6 is 0 Å². The zero-order valence-corrected chi connectivity index (χ0v) is 15.6. The first-order chi connectivity index (χ1) is 14.5. The van der Waals surface area contributed by atoms with E-state index in [4.69, 9.17) is 0 Å². The number of halogens is 6. The third-order valence-corrected chi connectivity index (χ3v) is 4.79. The minimum Gasteiger partial charge on any atom is -0.344 e.